The van der Waals surface area contributed by atoms with Crippen LogP contribution in [0.15, 0.2) is 17.5 Å². The number of hydrogen-bond donors (Lipinski definition) is 4. The van der Waals surface area contributed by atoms with Gasteiger partial charge in [0.25, 0.3) is 0 Å². The van der Waals surface area contributed by atoms with Gasteiger partial charge in [0.2, 0.25) is 0 Å². The topological polar surface area (TPSA) is 32.9 Å². The van der Waals surface area contributed by atoms with Crippen LogP contribution in [-0.4, -0.2) is 49.9 Å². The Morgan fingerprint density at radius 3 is 2.58 bits per heavy atom. The number of hydrogen-bond acceptors (Lipinski definition) is 2. The highest BCUT2D eigenvalue weighted by atomic mass is 32.1. The smallest absolute Gasteiger partial charge is 0.166 e. The zero-order valence-electron chi connectivity index (χ0n) is 16.4. The van der Waals surface area contributed by atoms with E-state index in [-0.39, 0.29) is 0 Å². The van der Waals surface area contributed by atoms with E-state index in [9.17, 15) is 0 Å². The molecule has 0 spiro atoms. The van der Waals surface area contributed by atoms with Crippen molar-refractivity contribution in [2.24, 2.45) is 0 Å². The average molecular weight is 397 g/mol. The minimum absolute atomic E-state index is 0.343. The highest BCUT2D eigenvalue weighted by Crippen LogP contribution is 2.20. The second kappa shape index (κ2) is 10.0. The number of quaternary nitrogens is 2. The first-order valence-electron chi connectivity index (χ1n) is 10.5. The summed E-state index contributed by atoms with van der Waals surface area (Å²) >= 11 is 7.56. The van der Waals surface area contributed by atoms with Crippen LogP contribution in [0.25, 0.3) is 0 Å². The molecule has 1 aliphatic carbocycles. The quantitative estimate of drug-likeness (QED) is 0.537. The highest BCUT2D eigenvalue weighted by Gasteiger charge is 2.35. The van der Waals surface area contributed by atoms with E-state index in [1.165, 1.54) is 69.7 Å². The molecule has 1 aliphatic heterocycles. The van der Waals surface area contributed by atoms with Crippen LogP contribution in [0.5, 0.6) is 0 Å². The Morgan fingerprint density at radius 1 is 1.23 bits per heavy atom. The molecular formula is C20H36N4S2+2. The van der Waals surface area contributed by atoms with Crippen LogP contribution >= 0.6 is 23.6 Å². The summed E-state index contributed by atoms with van der Waals surface area (Å²) in [6.07, 6.45) is 6.57. The maximum absolute atomic E-state index is 5.67. The third kappa shape index (κ3) is 5.41. The predicted octanol–water partition coefficient (Wildman–Crippen LogP) is 0.778. The Morgan fingerprint density at radius 2 is 1.96 bits per heavy atom. The summed E-state index contributed by atoms with van der Waals surface area (Å²) in [4.78, 5) is 4.94. The first-order valence-corrected chi connectivity index (χ1v) is 11.7. The molecule has 146 valence electrons. The fourth-order valence-corrected chi connectivity index (χ4v) is 5.96. The first kappa shape index (κ1) is 20.1. The summed E-state index contributed by atoms with van der Waals surface area (Å²) in [5.41, 5.74) is 0. The SMILES string of the molecule is CC[NH+]1CC[NH+]([C@@H](c2cccs2)[C@@H](C)NC(=S)NC2CCCCC2)CC1. The Hall–Kier alpha value is -0.690. The molecule has 2 atom stereocenters. The van der Waals surface area contributed by atoms with E-state index in [2.05, 4.69) is 42.0 Å². The molecule has 0 bridgehead atoms. The van der Waals surface area contributed by atoms with Gasteiger partial charge in [0.15, 0.2) is 5.11 Å². The molecule has 3 rings (SSSR count). The van der Waals surface area contributed by atoms with Crippen molar-refractivity contribution in [1.29, 1.82) is 0 Å². The van der Waals surface area contributed by atoms with E-state index in [1.807, 2.05) is 11.3 Å². The molecule has 0 radical (unpaired) electrons. The van der Waals surface area contributed by atoms with Crippen molar-refractivity contribution in [2.45, 2.75) is 64.1 Å². The van der Waals surface area contributed by atoms with Gasteiger partial charge in [-0.15, -0.1) is 11.3 Å². The van der Waals surface area contributed by atoms with Gasteiger partial charge in [0.05, 0.1) is 17.5 Å². The Labute approximate surface area is 168 Å². The van der Waals surface area contributed by atoms with E-state index < -0.39 is 0 Å². The van der Waals surface area contributed by atoms with Crippen LogP contribution in [0.3, 0.4) is 0 Å². The van der Waals surface area contributed by atoms with Gasteiger partial charge in [-0.25, -0.2) is 0 Å². The Bertz CT molecular complexity index is 534. The van der Waals surface area contributed by atoms with E-state index in [0.29, 0.717) is 18.1 Å². The van der Waals surface area contributed by atoms with E-state index in [0.717, 1.165) is 5.11 Å². The molecule has 6 heteroatoms. The zero-order valence-corrected chi connectivity index (χ0v) is 18.0. The van der Waals surface area contributed by atoms with Crippen LogP contribution in [0.1, 0.15) is 56.9 Å². The third-order valence-corrected chi connectivity index (χ3v) is 7.38. The first-order chi connectivity index (χ1) is 12.7. The number of thiophene rings is 1. The van der Waals surface area contributed by atoms with Crippen molar-refractivity contribution in [3.8, 4) is 0 Å². The van der Waals surface area contributed by atoms with E-state index >= 15 is 0 Å². The molecule has 26 heavy (non-hydrogen) atoms. The van der Waals surface area contributed by atoms with Crippen LogP contribution in [0.2, 0.25) is 0 Å². The van der Waals surface area contributed by atoms with Crippen molar-refractivity contribution in [2.75, 3.05) is 32.7 Å². The van der Waals surface area contributed by atoms with Crippen LogP contribution in [0, 0.1) is 0 Å². The van der Waals surface area contributed by atoms with Gasteiger partial charge in [-0.1, -0.05) is 25.3 Å². The van der Waals surface area contributed by atoms with E-state index in [4.69, 9.17) is 12.2 Å². The standard InChI is InChI=1S/C20H34N4S2/c1-3-23-11-13-24(14-12-23)19(18-10-7-15-26-18)16(2)21-20(25)22-17-8-5-4-6-9-17/h7,10,15-17,19H,3-6,8-9,11-14H2,1-2H3,(H2,21,22,25)/p+2/t16-,19-/m1/s1. The number of likely N-dealkylation sites (N-methyl/N-ethyl adjacent to an activating group) is 1. The van der Waals surface area contributed by atoms with E-state index in [1.54, 1.807) is 9.80 Å². The van der Waals surface area contributed by atoms with Crippen molar-refractivity contribution >= 4 is 28.7 Å². The highest BCUT2D eigenvalue weighted by molar-refractivity contribution is 7.80. The van der Waals surface area contributed by atoms with Crippen molar-refractivity contribution < 1.29 is 9.80 Å². The molecule has 4 N–H and O–H groups in total. The van der Waals surface area contributed by atoms with Crippen molar-refractivity contribution in [3.63, 3.8) is 0 Å². The minimum Gasteiger partial charge on any atom is -0.360 e. The summed E-state index contributed by atoms with van der Waals surface area (Å²) in [5.74, 6) is 0. The number of nitrogens with one attached hydrogen (secondary N) is 4. The van der Waals surface area contributed by atoms with Gasteiger partial charge in [0, 0.05) is 6.04 Å². The molecular weight excluding hydrogens is 360 g/mol. The number of piperazine rings is 1. The third-order valence-electron chi connectivity index (χ3n) is 6.19. The lowest BCUT2D eigenvalue weighted by Gasteiger charge is -2.37. The summed E-state index contributed by atoms with van der Waals surface area (Å²) < 4.78 is 0. The van der Waals surface area contributed by atoms with Crippen molar-refractivity contribution in [3.05, 3.63) is 22.4 Å². The summed E-state index contributed by atoms with van der Waals surface area (Å²) in [6, 6.07) is 5.89. The second-order valence-electron chi connectivity index (χ2n) is 8.00. The van der Waals surface area contributed by atoms with Gasteiger partial charge in [-0.3, -0.25) is 0 Å². The van der Waals surface area contributed by atoms with Gasteiger partial charge < -0.3 is 20.4 Å². The molecule has 4 nitrogen and oxygen atoms in total. The van der Waals surface area contributed by atoms with Crippen LogP contribution in [-0.2, 0) is 0 Å². The second-order valence-corrected chi connectivity index (χ2v) is 9.38. The molecule has 2 heterocycles. The van der Waals surface area contributed by atoms with Gasteiger partial charge in [-0.2, -0.15) is 0 Å². The molecule has 1 saturated carbocycles. The Kier molecular flexibility index (Phi) is 7.73. The Balaban J connectivity index is 1.60. The normalized spacial score (nSPS) is 26.8. The lowest BCUT2D eigenvalue weighted by Crippen LogP contribution is -3.28. The molecule has 2 aliphatic rings. The lowest BCUT2D eigenvalue weighted by atomic mass is 9.96. The average Bonchev–Trinajstić information content (AvgIpc) is 3.17. The lowest BCUT2D eigenvalue weighted by molar-refractivity contribution is -1.03. The number of rotatable bonds is 6. The maximum Gasteiger partial charge on any atom is 0.166 e. The molecule has 1 saturated heterocycles. The molecule has 0 aromatic carbocycles. The van der Waals surface area contributed by atoms with Crippen molar-refractivity contribution in [1.82, 2.24) is 10.6 Å². The monoisotopic (exact) mass is 396 g/mol. The summed E-state index contributed by atoms with van der Waals surface area (Å²) in [7, 11) is 0. The summed E-state index contributed by atoms with van der Waals surface area (Å²) in [5, 5.41) is 10.3. The fourth-order valence-electron chi connectivity index (χ4n) is 4.62. The molecule has 2 fully saturated rings. The largest absolute Gasteiger partial charge is 0.360 e. The van der Waals surface area contributed by atoms with Gasteiger partial charge in [-0.05, 0) is 50.4 Å². The number of thiocarbonyl (C=S) groups is 1. The molecule has 1 aromatic heterocycles. The maximum atomic E-state index is 5.67. The van der Waals surface area contributed by atoms with Crippen LogP contribution < -0.4 is 20.4 Å². The summed E-state index contributed by atoms with van der Waals surface area (Å²) in [6.45, 7) is 10.9. The fraction of sp³-hybridized carbons (Fsp3) is 0.750. The van der Waals surface area contributed by atoms with Gasteiger partial charge >= 0.3 is 0 Å². The zero-order chi connectivity index (χ0) is 18.4. The molecule has 0 amide bonds. The predicted molar refractivity (Wildman–Crippen MR) is 114 cm³/mol. The van der Waals surface area contributed by atoms with Crippen LogP contribution in [0.4, 0.5) is 0 Å². The molecule has 0 unspecified atom stereocenters. The molecule has 1 aromatic rings. The van der Waals surface area contributed by atoms with Gasteiger partial charge in [0.1, 0.15) is 32.2 Å². The minimum atomic E-state index is 0.343.